The predicted octanol–water partition coefficient (Wildman–Crippen LogP) is 4.85. The molecule has 0 atom stereocenters. The molecule has 34 heavy (non-hydrogen) atoms. The minimum Gasteiger partial charge on any atom is -0.459 e. The zero-order valence-corrected chi connectivity index (χ0v) is 21.5. The first kappa shape index (κ1) is 29.7. The van der Waals surface area contributed by atoms with E-state index in [2.05, 4.69) is 18.2 Å². The van der Waals surface area contributed by atoms with Gasteiger partial charge in [0.25, 0.3) is 5.56 Å². The number of benzene rings is 1. The SMILES string of the molecule is C#C.CNCc1c(Cl)cc(Cl)c(=O)n1CCc1ccc(C(=O)OC(C)C)cc1.OC1CCCC1. The molecular formula is C26H34Cl2N2O4. The maximum Gasteiger partial charge on any atom is 0.338 e. The number of aryl methyl sites for hydroxylation is 1. The lowest BCUT2D eigenvalue weighted by atomic mass is 10.1. The zero-order chi connectivity index (χ0) is 25.7. The van der Waals surface area contributed by atoms with E-state index in [0.29, 0.717) is 35.8 Å². The molecule has 2 aromatic rings. The molecule has 1 fully saturated rings. The molecule has 186 valence electrons. The normalized spacial score (nSPS) is 13.0. The highest BCUT2D eigenvalue weighted by Crippen LogP contribution is 2.19. The maximum absolute atomic E-state index is 12.4. The van der Waals surface area contributed by atoms with Gasteiger partial charge in [-0.3, -0.25) is 4.79 Å². The van der Waals surface area contributed by atoms with Gasteiger partial charge in [0.2, 0.25) is 0 Å². The van der Waals surface area contributed by atoms with Crippen molar-refractivity contribution in [2.45, 2.75) is 71.2 Å². The molecule has 8 heteroatoms. The lowest BCUT2D eigenvalue weighted by Gasteiger charge is -2.15. The molecular weight excluding hydrogens is 475 g/mol. The summed E-state index contributed by atoms with van der Waals surface area (Å²) in [6.07, 6.45) is 13.0. The largest absolute Gasteiger partial charge is 0.459 e. The van der Waals surface area contributed by atoms with Crippen molar-refractivity contribution in [1.82, 2.24) is 9.88 Å². The fraction of sp³-hybridized carbons (Fsp3) is 0.462. The van der Waals surface area contributed by atoms with Crippen LogP contribution < -0.4 is 10.9 Å². The fourth-order valence-electron chi connectivity index (χ4n) is 3.46. The lowest BCUT2D eigenvalue weighted by Crippen LogP contribution is -2.27. The van der Waals surface area contributed by atoms with Gasteiger partial charge >= 0.3 is 5.97 Å². The topological polar surface area (TPSA) is 80.6 Å². The number of halogens is 2. The molecule has 3 rings (SSSR count). The average molecular weight is 509 g/mol. The standard InChI is InChI=1S/C19H22Cl2N2O3.C5H10O.C2H2/c1-12(2)26-19(25)14-6-4-13(5-7-14)8-9-23-17(11-22-3)15(20)10-16(21)18(23)24;6-5-3-1-2-4-5;1-2/h4-7,10,12,22H,8-9,11H2,1-3H3;5-6H,1-4H2;1-2H. The molecule has 0 bridgehead atoms. The van der Waals surface area contributed by atoms with Gasteiger partial charge in [0, 0.05) is 13.1 Å². The summed E-state index contributed by atoms with van der Waals surface area (Å²) in [6, 6.07) is 8.63. The van der Waals surface area contributed by atoms with Gasteiger partial charge < -0.3 is 19.7 Å². The summed E-state index contributed by atoms with van der Waals surface area (Å²) in [6.45, 7) is 4.52. The summed E-state index contributed by atoms with van der Waals surface area (Å²) in [7, 11) is 1.79. The third kappa shape index (κ3) is 9.52. The molecule has 0 amide bonds. The number of terminal acetylenes is 1. The molecule has 0 radical (unpaired) electrons. The maximum atomic E-state index is 12.4. The Labute approximate surface area is 212 Å². The van der Waals surface area contributed by atoms with Crippen LogP contribution in [0.5, 0.6) is 0 Å². The molecule has 0 saturated heterocycles. The fourth-order valence-corrected chi connectivity index (χ4v) is 4.00. The van der Waals surface area contributed by atoms with Crippen molar-refractivity contribution >= 4 is 29.2 Å². The van der Waals surface area contributed by atoms with Crippen LogP contribution in [0.15, 0.2) is 35.1 Å². The van der Waals surface area contributed by atoms with E-state index in [-0.39, 0.29) is 28.8 Å². The van der Waals surface area contributed by atoms with Gasteiger partial charge in [-0.2, -0.15) is 0 Å². The van der Waals surface area contributed by atoms with Crippen LogP contribution in [0.3, 0.4) is 0 Å². The van der Waals surface area contributed by atoms with E-state index in [4.69, 9.17) is 33.0 Å². The number of rotatable bonds is 7. The van der Waals surface area contributed by atoms with Crippen LogP contribution in [-0.2, 0) is 24.2 Å². The molecule has 2 N–H and O–H groups in total. The third-order valence-electron chi connectivity index (χ3n) is 5.13. The highest BCUT2D eigenvalue weighted by atomic mass is 35.5. The summed E-state index contributed by atoms with van der Waals surface area (Å²) in [5.41, 5.74) is 1.92. The first-order chi connectivity index (χ1) is 16.2. The van der Waals surface area contributed by atoms with Gasteiger partial charge in [0.15, 0.2) is 0 Å². The summed E-state index contributed by atoms with van der Waals surface area (Å²) >= 11 is 12.2. The molecule has 6 nitrogen and oxygen atoms in total. The Balaban J connectivity index is 0.000000615. The highest BCUT2D eigenvalue weighted by molar-refractivity contribution is 6.34. The lowest BCUT2D eigenvalue weighted by molar-refractivity contribution is 0.0378. The van der Waals surface area contributed by atoms with E-state index in [0.717, 1.165) is 18.4 Å². The number of pyridine rings is 1. The second-order valence-electron chi connectivity index (χ2n) is 8.11. The van der Waals surface area contributed by atoms with Crippen LogP contribution in [0.25, 0.3) is 0 Å². The molecule has 1 aliphatic carbocycles. The Kier molecular flexibility index (Phi) is 13.6. The van der Waals surface area contributed by atoms with Gasteiger partial charge in [-0.25, -0.2) is 4.79 Å². The van der Waals surface area contributed by atoms with Crippen molar-refractivity contribution in [3.8, 4) is 12.8 Å². The first-order valence-electron chi connectivity index (χ1n) is 11.3. The molecule has 0 spiro atoms. The number of nitrogens with zero attached hydrogens (tertiary/aromatic N) is 1. The quantitative estimate of drug-likeness (QED) is 0.412. The minimum absolute atomic E-state index is 0.0463. The Morgan fingerprint density at radius 1 is 1.18 bits per heavy atom. The van der Waals surface area contributed by atoms with E-state index < -0.39 is 0 Å². The molecule has 1 aliphatic rings. The summed E-state index contributed by atoms with van der Waals surface area (Å²) in [4.78, 5) is 24.2. The molecule has 0 unspecified atom stereocenters. The van der Waals surface area contributed by atoms with E-state index in [1.807, 2.05) is 26.0 Å². The van der Waals surface area contributed by atoms with Crippen LogP contribution in [0.2, 0.25) is 10.0 Å². The number of aliphatic hydroxyl groups excluding tert-OH is 1. The van der Waals surface area contributed by atoms with Crippen molar-refractivity contribution in [2.75, 3.05) is 7.05 Å². The van der Waals surface area contributed by atoms with Gasteiger partial charge in [-0.15, -0.1) is 12.8 Å². The van der Waals surface area contributed by atoms with Crippen LogP contribution in [-0.4, -0.2) is 34.9 Å². The van der Waals surface area contributed by atoms with E-state index in [1.54, 1.807) is 23.7 Å². The Hall–Kier alpha value is -2.30. The number of hydrogen-bond acceptors (Lipinski definition) is 5. The molecule has 1 heterocycles. The molecule has 1 aromatic carbocycles. The van der Waals surface area contributed by atoms with Crippen molar-refractivity contribution in [1.29, 1.82) is 0 Å². The number of carbonyl (C=O) groups excluding carboxylic acids is 1. The third-order valence-corrected chi connectivity index (χ3v) is 5.73. The van der Waals surface area contributed by atoms with Crippen LogP contribution >= 0.6 is 23.2 Å². The number of ether oxygens (including phenoxy) is 1. The van der Waals surface area contributed by atoms with Crippen molar-refractivity contribution in [2.24, 2.45) is 0 Å². The van der Waals surface area contributed by atoms with Gasteiger partial charge in [0.05, 0.1) is 28.5 Å². The number of hydrogen-bond donors (Lipinski definition) is 2. The second kappa shape index (κ2) is 15.6. The number of nitrogens with one attached hydrogen (secondary N) is 1. The van der Waals surface area contributed by atoms with Crippen molar-refractivity contribution in [3.63, 3.8) is 0 Å². The second-order valence-corrected chi connectivity index (χ2v) is 8.93. The monoisotopic (exact) mass is 508 g/mol. The van der Waals surface area contributed by atoms with Crippen molar-refractivity contribution < 1.29 is 14.6 Å². The van der Waals surface area contributed by atoms with Crippen LogP contribution in [0.4, 0.5) is 0 Å². The van der Waals surface area contributed by atoms with Gasteiger partial charge in [-0.1, -0.05) is 48.2 Å². The Bertz CT molecular complexity index is 979. The van der Waals surface area contributed by atoms with E-state index >= 15 is 0 Å². The Morgan fingerprint density at radius 2 is 1.76 bits per heavy atom. The van der Waals surface area contributed by atoms with E-state index in [9.17, 15) is 9.59 Å². The molecule has 0 aliphatic heterocycles. The molecule has 1 aromatic heterocycles. The summed E-state index contributed by atoms with van der Waals surface area (Å²) < 4.78 is 6.75. The summed E-state index contributed by atoms with van der Waals surface area (Å²) in [5, 5.41) is 12.3. The van der Waals surface area contributed by atoms with E-state index in [1.165, 1.54) is 18.9 Å². The average Bonchev–Trinajstić information content (AvgIpc) is 3.30. The first-order valence-corrected chi connectivity index (χ1v) is 12.0. The molecule has 1 saturated carbocycles. The van der Waals surface area contributed by atoms with Crippen LogP contribution in [0, 0.1) is 12.8 Å². The Morgan fingerprint density at radius 3 is 2.24 bits per heavy atom. The number of aromatic nitrogens is 1. The van der Waals surface area contributed by atoms with Gasteiger partial charge in [-0.05, 0) is 63.9 Å². The minimum atomic E-state index is -0.347. The zero-order valence-electron chi connectivity index (χ0n) is 20.0. The smallest absolute Gasteiger partial charge is 0.338 e. The number of aliphatic hydroxyl groups is 1. The highest BCUT2D eigenvalue weighted by Gasteiger charge is 2.13. The van der Waals surface area contributed by atoms with Crippen LogP contribution in [0.1, 0.15) is 61.1 Å². The predicted molar refractivity (Wildman–Crippen MR) is 139 cm³/mol. The van der Waals surface area contributed by atoms with Crippen molar-refractivity contribution in [3.05, 3.63) is 67.6 Å². The van der Waals surface area contributed by atoms with Gasteiger partial charge in [0.1, 0.15) is 5.02 Å². The summed E-state index contributed by atoms with van der Waals surface area (Å²) in [5.74, 6) is -0.347. The number of carbonyl (C=O) groups is 1. The number of esters is 1.